The fourth-order valence-electron chi connectivity index (χ4n) is 5.40. The number of hydrogen-bond acceptors (Lipinski definition) is 3. The molecule has 162 valence electrons. The molecule has 1 saturated carbocycles. The first kappa shape index (κ1) is 20.1. The zero-order valence-electron chi connectivity index (χ0n) is 17.5. The fraction of sp³-hybridized carbons (Fsp3) is 0.400. The molecule has 1 aliphatic carbocycles. The van der Waals surface area contributed by atoms with Gasteiger partial charge in [-0.15, -0.1) is 0 Å². The molecular weight excluding hydrogens is 397 g/mol. The number of aromatic hydroxyl groups is 1. The van der Waals surface area contributed by atoms with E-state index in [0.29, 0.717) is 26.1 Å². The van der Waals surface area contributed by atoms with Gasteiger partial charge in [-0.3, -0.25) is 4.79 Å². The van der Waals surface area contributed by atoms with E-state index in [1.807, 2.05) is 6.07 Å². The van der Waals surface area contributed by atoms with E-state index in [4.69, 9.17) is 4.74 Å². The Balaban J connectivity index is 1.75. The average Bonchev–Trinajstić information content (AvgIpc) is 3.06. The minimum atomic E-state index is -0.763. The van der Waals surface area contributed by atoms with Gasteiger partial charge in [0.15, 0.2) is 0 Å². The van der Waals surface area contributed by atoms with Crippen molar-refractivity contribution in [2.75, 3.05) is 13.2 Å². The Bertz CT molecular complexity index is 1140. The Hall–Kier alpha value is -2.86. The summed E-state index contributed by atoms with van der Waals surface area (Å²) in [7, 11) is 0. The van der Waals surface area contributed by atoms with E-state index >= 15 is 0 Å². The van der Waals surface area contributed by atoms with E-state index in [-0.39, 0.29) is 23.4 Å². The summed E-state index contributed by atoms with van der Waals surface area (Å²) in [5.74, 6) is -0.516. The molecule has 0 atom stereocenters. The second-order valence-corrected chi connectivity index (χ2v) is 9.17. The van der Waals surface area contributed by atoms with Crippen LogP contribution in [0.15, 0.2) is 42.5 Å². The van der Waals surface area contributed by atoms with Gasteiger partial charge in [0.2, 0.25) is 0 Å². The van der Waals surface area contributed by atoms with Gasteiger partial charge in [0.1, 0.15) is 11.6 Å². The number of benzene rings is 2. The predicted octanol–water partition coefficient (Wildman–Crippen LogP) is 5.34. The lowest BCUT2D eigenvalue weighted by Crippen LogP contribution is -2.40. The van der Waals surface area contributed by atoms with Crippen molar-refractivity contribution >= 4 is 16.9 Å². The average molecular weight is 423 g/mol. The first-order chi connectivity index (χ1) is 14.9. The molecule has 1 saturated heterocycles. The summed E-state index contributed by atoms with van der Waals surface area (Å²) >= 11 is 0. The molecule has 0 radical (unpaired) electrons. The number of carboxylic acids is 1. The Morgan fingerprint density at radius 1 is 1.10 bits per heavy atom. The molecule has 2 heterocycles. The SMILES string of the molecule is C[C@]1(C(=O)O)C[C@@H](c2c(C3CCOCC3)n(-c3ccc(F)cc3)c3ccc(O)cc32)C1. The lowest BCUT2D eigenvalue weighted by Gasteiger charge is -2.43. The number of hydrogen-bond donors (Lipinski definition) is 2. The Morgan fingerprint density at radius 2 is 1.77 bits per heavy atom. The Morgan fingerprint density at radius 3 is 2.42 bits per heavy atom. The quantitative estimate of drug-likeness (QED) is 0.594. The lowest BCUT2D eigenvalue weighted by atomic mass is 9.60. The van der Waals surface area contributed by atoms with Crippen LogP contribution < -0.4 is 0 Å². The number of fused-ring (bicyclic) bond motifs is 1. The summed E-state index contributed by atoms with van der Waals surface area (Å²) < 4.78 is 21.4. The highest BCUT2D eigenvalue weighted by atomic mass is 19.1. The summed E-state index contributed by atoms with van der Waals surface area (Å²) in [6.07, 6.45) is 2.88. The zero-order chi connectivity index (χ0) is 21.8. The minimum Gasteiger partial charge on any atom is -0.508 e. The molecule has 2 N–H and O–H groups in total. The third kappa shape index (κ3) is 3.30. The third-order valence-corrected chi connectivity index (χ3v) is 7.04. The molecule has 31 heavy (non-hydrogen) atoms. The summed E-state index contributed by atoms with van der Waals surface area (Å²) in [5.41, 5.74) is 3.36. The maximum Gasteiger partial charge on any atom is 0.309 e. The molecule has 1 aromatic heterocycles. The van der Waals surface area contributed by atoms with Crippen LogP contribution in [-0.4, -0.2) is 34.0 Å². The number of halogens is 1. The zero-order valence-corrected chi connectivity index (χ0v) is 17.5. The van der Waals surface area contributed by atoms with Gasteiger partial charge < -0.3 is 19.5 Å². The summed E-state index contributed by atoms with van der Waals surface area (Å²) in [4.78, 5) is 11.7. The maximum absolute atomic E-state index is 13.7. The lowest BCUT2D eigenvalue weighted by molar-refractivity contribution is -0.154. The molecule has 0 unspecified atom stereocenters. The van der Waals surface area contributed by atoms with Crippen molar-refractivity contribution in [3.63, 3.8) is 0 Å². The van der Waals surface area contributed by atoms with E-state index in [9.17, 15) is 19.4 Å². The van der Waals surface area contributed by atoms with Gasteiger partial charge in [-0.2, -0.15) is 0 Å². The highest BCUT2D eigenvalue weighted by Gasteiger charge is 2.49. The smallest absolute Gasteiger partial charge is 0.309 e. The Labute approximate surface area is 180 Å². The topological polar surface area (TPSA) is 71.7 Å². The highest BCUT2D eigenvalue weighted by Crippen LogP contribution is 2.55. The maximum atomic E-state index is 13.7. The van der Waals surface area contributed by atoms with E-state index in [1.54, 1.807) is 31.2 Å². The molecular formula is C25H26FNO4. The van der Waals surface area contributed by atoms with E-state index in [0.717, 1.165) is 40.7 Å². The van der Waals surface area contributed by atoms with E-state index < -0.39 is 11.4 Å². The van der Waals surface area contributed by atoms with Gasteiger partial charge in [0.05, 0.1) is 10.9 Å². The molecule has 2 aromatic carbocycles. The van der Waals surface area contributed by atoms with Crippen LogP contribution in [0.5, 0.6) is 5.75 Å². The van der Waals surface area contributed by atoms with Crippen LogP contribution in [0.2, 0.25) is 0 Å². The van der Waals surface area contributed by atoms with Crippen LogP contribution in [0.1, 0.15) is 55.7 Å². The molecule has 1 aliphatic heterocycles. The molecule has 5 rings (SSSR count). The fourth-order valence-corrected chi connectivity index (χ4v) is 5.40. The van der Waals surface area contributed by atoms with Crippen LogP contribution >= 0.6 is 0 Å². The number of aliphatic carboxylic acids is 1. The number of phenolic OH excluding ortho intramolecular Hbond substituents is 1. The number of aromatic nitrogens is 1. The van der Waals surface area contributed by atoms with Gasteiger partial charge in [-0.1, -0.05) is 0 Å². The van der Waals surface area contributed by atoms with E-state index in [1.165, 1.54) is 12.1 Å². The molecule has 0 spiro atoms. The number of carboxylic acid groups (broad SMARTS) is 1. The van der Waals surface area contributed by atoms with Crippen LogP contribution in [0.3, 0.4) is 0 Å². The second-order valence-electron chi connectivity index (χ2n) is 9.17. The van der Waals surface area contributed by atoms with Crippen LogP contribution in [0.4, 0.5) is 4.39 Å². The number of carbonyl (C=O) groups is 1. The van der Waals surface area contributed by atoms with Crippen molar-refractivity contribution in [2.45, 2.75) is 44.4 Å². The van der Waals surface area contributed by atoms with Gasteiger partial charge in [0.25, 0.3) is 0 Å². The minimum absolute atomic E-state index is 0.102. The Kier molecular flexibility index (Phi) is 4.77. The first-order valence-electron chi connectivity index (χ1n) is 10.8. The monoisotopic (exact) mass is 423 g/mol. The van der Waals surface area contributed by atoms with Crippen molar-refractivity contribution in [1.29, 1.82) is 0 Å². The van der Waals surface area contributed by atoms with Gasteiger partial charge >= 0.3 is 5.97 Å². The number of nitrogens with zero attached hydrogens (tertiary/aromatic N) is 1. The second kappa shape index (κ2) is 7.38. The van der Waals surface area contributed by atoms with Gasteiger partial charge in [-0.25, -0.2) is 4.39 Å². The molecule has 2 fully saturated rings. The molecule has 5 nitrogen and oxygen atoms in total. The number of rotatable bonds is 4. The van der Waals surface area contributed by atoms with Crippen LogP contribution in [0.25, 0.3) is 16.6 Å². The standard InChI is InChI=1S/C25H26FNO4/c1-25(24(29)30)13-16(14-25)22-20-12-19(28)6-7-21(20)27(18-4-2-17(26)3-5-18)23(22)15-8-10-31-11-9-15/h2-7,12,15-16,28H,8-11,13-14H2,1H3,(H,29,30)/t16-,25+. The van der Waals surface area contributed by atoms with Gasteiger partial charge in [0, 0.05) is 35.9 Å². The van der Waals surface area contributed by atoms with Crippen molar-refractivity contribution in [3.05, 3.63) is 59.5 Å². The normalized spacial score (nSPS) is 24.3. The summed E-state index contributed by atoms with van der Waals surface area (Å²) in [6, 6.07) is 11.8. The van der Waals surface area contributed by atoms with Gasteiger partial charge in [-0.05, 0) is 86.6 Å². The molecule has 2 aliphatic rings. The summed E-state index contributed by atoms with van der Waals surface area (Å²) in [6.45, 7) is 3.16. The summed E-state index contributed by atoms with van der Waals surface area (Å²) in [5, 5.41) is 20.9. The van der Waals surface area contributed by atoms with Crippen molar-refractivity contribution in [3.8, 4) is 11.4 Å². The van der Waals surface area contributed by atoms with Crippen LogP contribution in [-0.2, 0) is 9.53 Å². The highest BCUT2D eigenvalue weighted by molar-refractivity contribution is 5.90. The molecule has 0 amide bonds. The van der Waals surface area contributed by atoms with Crippen molar-refractivity contribution in [2.24, 2.45) is 5.41 Å². The molecule has 3 aromatic rings. The number of ether oxygens (including phenoxy) is 1. The predicted molar refractivity (Wildman–Crippen MR) is 115 cm³/mol. The van der Waals surface area contributed by atoms with Crippen molar-refractivity contribution < 1.29 is 24.1 Å². The van der Waals surface area contributed by atoms with Crippen molar-refractivity contribution in [1.82, 2.24) is 4.57 Å². The first-order valence-corrected chi connectivity index (χ1v) is 10.8. The molecule has 6 heteroatoms. The third-order valence-electron chi connectivity index (χ3n) is 7.04. The number of phenols is 1. The van der Waals surface area contributed by atoms with E-state index in [2.05, 4.69) is 4.57 Å². The molecule has 0 bridgehead atoms. The van der Waals surface area contributed by atoms with Crippen LogP contribution in [0, 0.1) is 11.2 Å². The largest absolute Gasteiger partial charge is 0.508 e.